The zero-order chi connectivity index (χ0) is 22.0. The molecule has 4 rings (SSSR count). The van der Waals surface area contributed by atoms with Gasteiger partial charge >= 0.3 is 0 Å². The van der Waals surface area contributed by atoms with E-state index in [1.807, 2.05) is 0 Å². The van der Waals surface area contributed by atoms with Crippen LogP contribution in [0, 0.1) is 18.7 Å². The van der Waals surface area contributed by atoms with E-state index in [-0.39, 0.29) is 22.7 Å². The fourth-order valence-corrected chi connectivity index (χ4v) is 5.03. The van der Waals surface area contributed by atoms with Crippen LogP contribution in [0.25, 0.3) is 0 Å². The molecule has 31 heavy (non-hydrogen) atoms. The number of likely N-dealkylation sites (tertiary alicyclic amines) is 1. The third-order valence-corrected chi connectivity index (χ3v) is 7.06. The van der Waals surface area contributed by atoms with E-state index in [2.05, 4.69) is 4.72 Å². The molecule has 0 bridgehead atoms. The average Bonchev–Trinajstić information content (AvgIpc) is 3.30. The van der Waals surface area contributed by atoms with Crippen LogP contribution in [0.2, 0.25) is 0 Å². The Morgan fingerprint density at radius 2 is 1.71 bits per heavy atom. The highest BCUT2D eigenvalue weighted by molar-refractivity contribution is 7.92. The number of carbonyl (C=O) groups excluding carboxylic acids is 1. The number of halogens is 1. The van der Waals surface area contributed by atoms with Gasteiger partial charge in [0.2, 0.25) is 0 Å². The molecule has 1 N–H and O–H groups in total. The molecule has 0 radical (unpaired) electrons. The van der Waals surface area contributed by atoms with Crippen LogP contribution in [0.5, 0.6) is 0 Å². The quantitative estimate of drug-likeness (QED) is 0.760. The van der Waals surface area contributed by atoms with Gasteiger partial charge < -0.3 is 14.4 Å². The van der Waals surface area contributed by atoms with E-state index < -0.39 is 15.8 Å². The van der Waals surface area contributed by atoms with Crippen molar-refractivity contribution < 1.29 is 27.1 Å². The van der Waals surface area contributed by atoms with Gasteiger partial charge in [-0.05, 0) is 67.8 Å². The molecule has 2 aromatic rings. The smallest absolute Gasteiger partial charge is 0.261 e. The first-order chi connectivity index (χ1) is 14.8. The van der Waals surface area contributed by atoms with Crippen molar-refractivity contribution in [2.75, 3.05) is 31.0 Å². The molecule has 166 valence electrons. The van der Waals surface area contributed by atoms with E-state index in [0.717, 1.165) is 18.9 Å². The van der Waals surface area contributed by atoms with Crippen molar-refractivity contribution in [1.29, 1.82) is 0 Å². The number of aryl methyl sites for hydroxylation is 1. The summed E-state index contributed by atoms with van der Waals surface area (Å²) in [6.45, 7) is 4.02. The molecule has 2 aromatic carbocycles. The van der Waals surface area contributed by atoms with Crippen molar-refractivity contribution in [2.45, 2.75) is 31.0 Å². The number of ether oxygens (including phenoxy) is 2. The van der Waals surface area contributed by atoms with E-state index in [9.17, 15) is 17.6 Å². The first kappa shape index (κ1) is 21.7. The Balaban J connectivity index is 1.37. The van der Waals surface area contributed by atoms with Crippen molar-refractivity contribution in [2.24, 2.45) is 5.92 Å². The normalized spacial score (nSPS) is 18.3. The Morgan fingerprint density at radius 3 is 2.32 bits per heavy atom. The largest absolute Gasteiger partial charge is 0.350 e. The minimum Gasteiger partial charge on any atom is -0.350 e. The Bertz CT molecular complexity index is 1040. The molecular formula is C22H25FN2O5S. The summed E-state index contributed by atoms with van der Waals surface area (Å²) in [5.74, 6) is -0.247. The maximum Gasteiger partial charge on any atom is 0.261 e. The number of rotatable bonds is 5. The number of hydrogen-bond donors (Lipinski definition) is 1. The van der Waals surface area contributed by atoms with Crippen molar-refractivity contribution in [3.05, 3.63) is 59.4 Å². The third kappa shape index (κ3) is 4.89. The highest BCUT2D eigenvalue weighted by Crippen LogP contribution is 2.27. The first-order valence-corrected chi connectivity index (χ1v) is 11.7. The predicted molar refractivity (Wildman–Crippen MR) is 113 cm³/mol. The van der Waals surface area contributed by atoms with Crippen LogP contribution in [-0.4, -0.2) is 51.8 Å². The Labute approximate surface area is 181 Å². The third-order valence-electron chi connectivity index (χ3n) is 5.68. The SMILES string of the molecule is Cc1cc(S(=O)(=O)Nc2ccc(C(=O)N3CCC(C4OCCO4)CC3)cc2)ccc1F. The molecule has 2 heterocycles. The molecule has 9 heteroatoms. The molecule has 2 aliphatic heterocycles. The summed E-state index contributed by atoms with van der Waals surface area (Å²) in [5, 5.41) is 0. The standard InChI is InChI=1S/C22H25FN2O5S/c1-15-14-19(6-7-20(15)23)31(27,28)24-18-4-2-16(3-5-18)21(26)25-10-8-17(9-11-25)22-29-12-13-30-22/h2-7,14,17,22,24H,8-13H2,1H3. The van der Waals surface area contributed by atoms with E-state index in [0.29, 0.717) is 43.5 Å². The minimum absolute atomic E-state index is 0.0235. The van der Waals surface area contributed by atoms with Gasteiger partial charge in [0.25, 0.3) is 15.9 Å². The van der Waals surface area contributed by atoms with Gasteiger partial charge in [-0.25, -0.2) is 12.8 Å². The van der Waals surface area contributed by atoms with Crippen molar-refractivity contribution in [3.63, 3.8) is 0 Å². The van der Waals surface area contributed by atoms with Crippen LogP contribution in [-0.2, 0) is 19.5 Å². The number of benzene rings is 2. The second-order valence-corrected chi connectivity index (χ2v) is 9.52. The number of piperidine rings is 1. The molecule has 0 spiro atoms. The molecule has 2 fully saturated rings. The lowest BCUT2D eigenvalue weighted by Gasteiger charge is -2.33. The Hall–Kier alpha value is -2.49. The van der Waals surface area contributed by atoms with Crippen LogP contribution in [0.3, 0.4) is 0 Å². The van der Waals surface area contributed by atoms with Gasteiger partial charge in [0, 0.05) is 30.3 Å². The van der Waals surface area contributed by atoms with Gasteiger partial charge in [-0.1, -0.05) is 0 Å². The molecule has 2 aliphatic rings. The van der Waals surface area contributed by atoms with Crippen LogP contribution < -0.4 is 4.72 Å². The molecule has 2 saturated heterocycles. The average molecular weight is 449 g/mol. The lowest BCUT2D eigenvalue weighted by atomic mass is 9.95. The van der Waals surface area contributed by atoms with Gasteiger partial charge in [0.15, 0.2) is 6.29 Å². The molecule has 0 saturated carbocycles. The summed E-state index contributed by atoms with van der Waals surface area (Å²) >= 11 is 0. The number of amides is 1. The lowest BCUT2D eigenvalue weighted by Crippen LogP contribution is -2.41. The number of nitrogens with one attached hydrogen (secondary N) is 1. The monoisotopic (exact) mass is 448 g/mol. The van der Waals surface area contributed by atoms with Crippen LogP contribution >= 0.6 is 0 Å². The van der Waals surface area contributed by atoms with E-state index in [4.69, 9.17) is 9.47 Å². The molecule has 0 aliphatic carbocycles. The van der Waals surface area contributed by atoms with Crippen LogP contribution in [0.15, 0.2) is 47.4 Å². The maximum atomic E-state index is 13.4. The molecule has 1 amide bonds. The molecule has 0 unspecified atom stereocenters. The second kappa shape index (κ2) is 8.94. The highest BCUT2D eigenvalue weighted by atomic mass is 32.2. The summed E-state index contributed by atoms with van der Waals surface area (Å²) in [5.41, 5.74) is 1.07. The van der Waals surface area contributed by atoms with E-state index in [1.165, 1.54) is 19.1 Å². The van der Waals surface area contributed by atoms with Gasteiger partial charge in [0.1, 0.15) is 5.82 Å². The molecular weight excluding hydrogens is 423 g/mol. The number of nitrogens with zero attached hydrogens (tertiary/aromatic N) is 1. The zero-order valence-corrected chi connectivity index (χ0v) is 18.0. The summed E-state index contributed by atoms with van der Waals surface area (Å²) in [7, 11) is -3.86. The number of carbonyl (C=O) groups is 1. The zero-order valence-electron chi connectivity index (χ0n) is 17.2. The Morgan fingerprint density at radius 1 is 1.06 bits per heavy atom. The van der Waals surface area contributed by atoms with Gasteiger partial charge in [-0.2, -0.15) is 0 Å². The highest BCUT2D eigenvalue weighted by Gasteiger charge is 2.32. The molecule has 0 aromatic heterocycles. The van der Waals surface area contributed by atoms with Crippen molar-refractivity contribution in [1.82, 2.24) is 4.90 Å². The molecule has 0 atom stereocenters. The summed E-state index contributed by atoms with van der Waals surface area (Å²) in [6.07, 6.45) is 1.49. The van der Waals surface area contributed by atoms with Gasteiger partial charge in [-0.15, -0.1) is 0 Å². The van der Waals surface area contributed by atoms with E-state index in [1.54, 1.807) is 29.2 Å². The maximum absolute atomic E-state index is 13.4. The second-order valence-electron chi connectivity index (χ2n) is 7.83. The fourth-order valence-electron chi connectivity index (χ4n) is 3.89. The lowest BCUT2D eigenvalue weighted by molar-refractivity contribution is -0.0956. The molecule has 7 nitrogen and oxygen atoms in total. The summed E-state index contributed by atoms with van der Waals surface area (Å²) < 4.78 is 52.1. The predicted octanol–water partition coefficient (Wildman–Crippen LogP) is 3.16. The fraction of sp³-hybridized carbons (Fsp3) is 0.409. The van der Waals surface area contributed by atoms with Gasteiger partial charge in [0.05, 0.1) is 18.1 Å². The number of sulfonamides is 1. The number of hydrogen-bond acceptors (Lipinski definition) is 5. The summed E-state index contributed by atoms with van der Waals surface area (Å²) in [6, 6.07) is 9.92. The number of anilines is 1. The van der Waals surface area contributed by atoms with Gasteiger partial charge in [-0.3, -0.25) is 9.52 Å². The Kier molecular flexibility index (Phi) is 6.27. The van der Waals surface area contributed by atoms with E-state index >= 15 is 0 Å². The minimum atomic E-state index is -3.86. The summed E-state index contributed by atoms with van der Waals surface area (Å²) in [4.78, 5) is 14.6. The van der Waals surface area contributed by atoms with Crippen LogP contribution in [0.1, 0.15) is 28.8 Å². The van der Waals surface area contributed by atoms with Crippen molar-refractivity contribution >= 4 is 21.6 Å². The van der Waals surface area contributed by atoms with Crippen LogP contribution in [0.4, 0.5) is 10.1 Å². The van der Waals surface area contributed by atoms with Crippen molar-refractivity contribution in [3.8, 4) is 0 Å². The topological polar surface area (TPSA) is 84.9 Å². The first-order valence-electron chi connectivity index (χ1n) is 10.2.